The molecule has 21 heavy (non-hydrogen) atoms. The highest BCUT2D eigenvalue weighted by molar-refractivity contribution is 7.91. The molecule has 0 bridgehead atoms. The van der Waals surface area contributed by atoms with Gasteiger partial charge in [-0.15, -0.1) is 0 Å². The minimum Gasteiger partial charge on any atom is -0.326 e. The molecule has 1 aliphatic heterocycles. The van der Waals surface area contributed by atoms with E-state index in [-0.39, 0.29) is 17.4 Å². The van der Waals surface area contributed by atoms with Crippen LogP contribution in [0, 0.1) is 5.92 Å². The summed E-state index contributed by atoms with van der Waals surface area (Å²) in [4.78, 5) is 12.1. The Balaban J connectivity index is 1.93. The zero-order chi connectivity index (χ0) is 15.3. The maximum absolute atomic E-state index is 12.1. The monoisotopic (exact) mass is 310 g/mol. The molecule has 6 heteroatoms. The summed E-state index contributed by atoms with van der Waals surface area (Å²) in [5, 5.41) is 6.13. The molecule has 1 aromatic carbocycles. The standard InChI is InChI=1S/C15H22N2O3S/c1-2-7-16-10-12-4-3-5-14(9-12)17-15(18)13-6-8-21(19,20)11-13/h3-5,9,13,16H,2,6-8,10-11H2,1H3,(H,17,18). The minimum atomic E-state index is -3.03. The summed E-state index contributed by atoms with van der Waals surface area (Å²) >= 11 is 0. The van der Waals surface area contributed by atoms with Crippen molar-refractivity contribution in [2.45, 2.75) is 26.3 Å². The molecule has 1 aromatic rings. The smallest absolute Gasteiger partial charge is 0.228 e. The summed E-state index contributed by atoms with van der Waals surface area (Å²) in [6.07, 6.45) is 1.50. The van der Waals surface area contributed by atoms with Crippen LogP contribution in [0.25, 0.3) is 0 Å². The Bertz CT molecular complexity index is 599. The second kappa shape index (κ2) is 7.04. The fourth-order valence-electron chi connectivity index (χ4n) is 2.41. The van der Waals surface area contributed by atoms with E-state index in [0.29, 0.717) is 6.42 Å². The maximum Gasteiger partial charge on any atom is 0.228 e. The predicted molar refractivity (Wildman–Crippen MR) is 83.8 cm³/mol. The van der Waals surface area contributed by atoms with Crippen LogP contribution in [-0.2, 0) is 21.2 Å². The van der Waals surface area contributed by atoms with Crippen LogP contribution in [0.4, 0.5) is 5.69 Å². The van der Waals surface area contributed by atoms with Gasteiger partial charge in [-0.2, -0.15) is 0 Å². The Morgan fingerprint density at radius 3 is 2.86 bits per heavy atom. The number of nitrogens with one attached hydrogen (secondary N) is 2. The average Bonchev–Trinajstić information content (AvgIpc) is 2.80. The van der Waals surface area contributed by atoms with Gasteiger partial charge in [0.25, 0.3) is 0 Å². The third-order valence-corrected chi connectivity index (χ3v) is 5.32. The molecule has 1 aliphatic rings. The van der Waals surface area contributed by atoms with Crippen LogP contribution in [0.5, 0.6) is 0 Å². The van der Waals surface area contributed by atoms with Crippen LogP contribution in [0.3, 0.4) is 0 Å². The summed E-state index contributed by atoms with van der Waals surface area (Å²) in [5.74, 6) is -0.533. The Morgan fingerprint density at radius 1 is 1.38 bits per heavy atom. The zero-order valence-corrected chi connectivity index (χ0v) is 13.1. The van der Waals surface area contributed by atoms with E-state index in [1.807, 2.05) is 24.3 Å². The largest absolute Gasteiger partial charge is 0.326 e. The van der Waals surface area contributed by atoms with Crippen LogP contribution < -0.4 is 10.6 Å². The normalized spacial score (nSPS) is 20.3. The van der Waals surface area contributed by atoms with Gasteiger partial charge in [0.1, 0.15) is 0 Å². The van der Waals surface area contributed by atoms with E-state index in [0.717, 1.165) is 30.8 Å². The van der Waals surface area contributed by atoms with Crippen molar-refractivity contribution in [1.29, 1.82) is 0 Å². The molecule has 1 atom stereocenters. The van der Waals surface area contributed by atoms with Gasteiger partial charge in [0.05, 0.1) is 17.4 Å². The summed E-state index contributed by atoms with van der Waals surface area (Å²) in [5.41, 5.74) is 1.82. The fourth-order valence-corrected chi connectivity index (χ4v) is 4.16. The second-order valence-electron chi connectivity index (χ2n) is 5.47. The van der Waals surface area contributed by atoms with E-state index in [9.17, 15) is 13.2 Å². The first kappa shape index (κ1) is 16.0. The van der Waals surface area contributed by atoms with Gasteiger partial charge >= 0.3 is 0 Å². The van der Waals surface area contributed by atoms with Gasteiger partial charge in [0.15, 0.2) is 9.84 Å². The van der Waals surface area contributed by atoms with Crippen molar-refractivity contribution >= 4 is 21.4 Å². The number of carbonyl (C=O) groups excluding carboxylic acids is 1. The molecule has 0 saturated carbocycles. The first-order chi connectivity index (χ1) is 10.00. The van der Waals surface area contributed by atoms with Gasteiger partial charge < -0.3 is 10.6 Å². The lowest BCUT2D eigenvalue weighted by Gasteiger charge is -2.11. The van der Waals surface area contributed by atoms with Crippen molar-refractivity contribution in [3.63, 3.8) is 0 Å². The molecule has 5 nitrogen and oxygen atoms in total. The van der Waals surface area contributed by atoms with E-state index in [1.54, 1.807) is 0 Å². The number of amides is 1. The molecule has 1 heterocycles. The van der Waals surface area contributed by atoms with Crippen LogP contribution in [-0.4, -0.2) is 32.4 Å². The first-order valence-corrected chi connectivity index (χ1v) is 9.13. The lowest BCUT2D eigenvalue weighted by atomic mass is 10.1. The SMILES string of the molecule is CCCNCc1cccc(NC(=O)C2CCS(=O)(=O)C2)c1. The van der Waals surface area contributed by atoms with E-state index < -0.39 is 15.8 Å². The van der Waals surface area contributed by atoms with Crippen molar-refractivity contribution < 1.29 is 13.2 Å². The Hall–Kier alpha value is -1.40. The number of carbonyl (C=O) groups is 1. The van der Waals surface area contributed by atoms with Gasteiger partial charge in [0.2, 0.25) is 5.91 Å². The summed E-state index contributed by atoms with van der Waals surface area (Å²) in [7, 11) is -3.03. The maximum atomic E-state index is 12.1. The van der Waals surface area contributed by atoms with E-state index in [4.69, 9.17) is 0 Å². The van der Waals surface area contributed by atoms with Crippen molar-refractivity contribution in [3.05, 3.63) is 29.8 Å². The molecule has 1 amide bonds. The van der Waals surface area contributed by atoms with Gasteiger partial charge in [-0.3, -0.25) is 4.79 Å². The minimum absolute atomic E-state index is 0.0312. The Kier molecular flexibility index (Phi) is 5.36. The molecular formula is C15H22N2O3S. The van der Waals surface area contributed by atoms with E-state index in [2.05, 4.69) is 17.6 Å². The molecule has 0 spiro atoms. The van der Waals surface area contributed by atoms with Gasteiger partial charge in [-0.1, -0.05) is 19.1 Å². The molecule has 2 N–H and O–H groups in total. The summed E-state index contributed by atoms with van der Waals surface area (Å²) in [6, 6.07) is 7.64. The van der Waals surface area contributed by atoms with Crippen LogP contribution >= 0.6 is 0 Å². The van der Waals surface area contributed by atoms with E-state index in [1.165, 1.54) is 0 Å². The highest BCUT2D eigenvalue weighted by Gasteiger charge is 2.32. The number of benzene rings is 1. The third kappa shape index (κ3) is 4.82. The number of hydrogen-bond donors (Lipinski definition) is 2. The molecule has 1 fully saturated rings. The Labute approximate surface area is 126 Å². The number of rotatable bonds is 6. The number of sulfone groups is 1. The quantitative estimate of drug-likeness (QED) is 0.782. The lowest BCUT2D eigenvalue weighted by Crippen LogP contribution is -2.23. The topological polar surface area (TPSA) is 75.3 Å². The highest BCUT2D eigenvalue weighted by atomic mass is 32.2. The van der Waals surface area contributed by atoms with Gasteiger partial charge in [-0.25, -0.2) is 8.42 Å². The molecular weight excluding hydrogens is 288 g/mol. The van der Waals surface area contributed by atoms with Crippen molar-refractivity contribution in [3.8, 4) is 0 Å². The second-order valence-corrected chi connectivity index (χ2v) is 7.70. The Morgan fingerprint density at radius 2 is 2.19 bits per heavy atom. The number of hydrogen-bond acceptors (Lipinski definition) is 4. The molecule has 1 saturated heterocycles. The molecule has 0 aliphatic carbocycles. The molecule has 116 valence electrons. The van der Waals surface area contributed by atoms with Crippen molar-refractivity contribution in [2.24, 2.45) is 5.92 Å². The van der Waals surface area contributed by atoms with E-state index >= 15 is 0 Å². The predicted octanol–water partition coefficient (Wildman–Crippen LogP) is 1.56. The zero-order valence-electron chi connectivity index (χ0n) is 12.3. The highest BCUT2D eigenvalue weighted by Crippen LogP contribution is 2.20. The van der Waals surface area contributed by atoms with Crippen LogP contribution in [0.15, 0.2) is 24.3 Å². The first-order valence-electron chi connectivity index (χ1n) is 7.31. The average molecular weight is 310 g/mol. The molecule has 2 rings (SSSR count). The molecule has 1 unspecified atom stereocenters. The van der Waals surface area contributed by atoms with Crippen LogP contribution in [0.2, 0.25) is 0 Å². The van der Waals surface area contributed by atoms with Crippen LogP contribution in [0.1, 0.15) is 25.3 Å². The van der Waals surface area contributed by atoms with Gasteiger partial charge in [0, 0.05) is 12.2 Å². The van der Waals surface area contributed by atoms with Crippen molar-refractivity contribution in [2.75, 3.05) is 23.4 Å². The fraction of sp³-hybridized carbons (Fsp3) is 0.533. The summed E-state index contributed by atoms with van der Waals surface area (Å²) < 4.78 is 22.8. The molecule has 0 radical (unpaired) electrons. The molecule has 0 aromatic heterocycles. The van der Waals surface area contributed by atoms with Gasteiger partial charge in [-0.05, 0) is 37.1 Å². The number of anilines is 1. The van der Waals surface area contributed by atoms with Crippen molar-refractivity contribution in [1.82, 2.24) is 5.32 Å². The third-order valence-electron chi connectivity index (χ3n) is 3.55. The summed E-state index contributed by atoms with van der Waals surface area (Å²) in [6.45, 7) is 3.82. The lowest BCUT2D eigenvalue weighted by molar-refractivity contribution is -0.119.